The van der Waals surface area contributed by atoms with Gasteiger partial charge in [0, 0.05) is 12.0 Å². The van der Waals surface area contributed by atoms with Gasteiger partial charge in [-0.1, -0.05) is 0 Å². The van der Waals surface area contributed by atoms with Gasteiger partial charge in [0.05, 0.1) is 26.3 Å². The molecule has 1 amide bonds. The van der Waals surface area contributed by atoms with E-state index < -0.39 is 22.7 Å². The third-order valence-corrected chi connectivity index (χ3v) is 4.17. The first-order valence-corrected chi connectivity index (χ1v) is 7.10. The summed E-state index contributed by atoms with van der Waals surface area (Å²) in [5, 5.41) is 20.4. The van der Waals surface area contributed by atoms with Crippen LogP contribution in [0.2, 0.25) is 0 Å². The Kier molecular flexibility index (Phi) is 4.01. The van der Waals surface area contributed by atoms with E-state index in [1.54, 1.807) is 20.8 Å². The first-order valence-electron chi connectivity index (χ1n) is 7.10. The predicted molar refractivity (Wildman–Crippen MR) is 72.3 cm³/mol. The minimum Gasteiger partial charge on any atom is -0.444 e. The summed E-state index contributed by atoms with van der Waals surface area (Å²) in [5.74, 6) is 0. The molecule has 2 aliphatic heterocycles. The molecule has 2 heterocycles. The zero-order valence-electron chi connectivity index (χ0n) is 12.5. The van der Waals surface area contributed by atoms with Crippen LogP contribution in [0.5, 0.6) is 0 Å². The van der Waals surface area contributed by atoms with Gasteiger partial charge in [-0.05, 0) is 33.6 Å². The molecule has 1 atom stereocenters. The fourth-order valence-electron chi connectivity index (χ4n) is 2.87. The van der Waals surface area contributed by atoms with Crippen molar-refractivity contribution < 1.29 is 24.5 Å². The van der Waals surface area contributed by atoms with Crippen LogP contribution >= 0.6 is 0 Å². The number of aliphatic hydroxyl groups excluding tert-OH is 1. The van der Waals surface area contributed by atoms with Gasteiger partial charge in [0.15, 0.2) is 0 Å². The van der Waals surface area contributed by atoms with Crippen LogP contribution in [0, 0.1) is 5.41 Å². The zero-order chi connectivity index (χ0) is 15.0. The van der Waals surface area contributed by atoms with E-state index in [0.717, 1.165) is 6.42 Å². The number of hydrogen-bond acceptors (Lipinski definition) is 5. The minimum absolute atomic E-state index is 0.133. The van der Waals surface area contributed by atoms with E-state index in [4.69, 9.17) is 9.47 Å². The number of β-amino-alcohol motifs (C(OH)–C–C–N with tert-alkyl or cyclic N) is 1. The molecule has 0 spiro atoms. The molecule has 0 bridgehead atoms. The maximum absolute atomic E-state index is 11.9. The average Bonchev–Trinajstić information content (AvgIpc) is 2.33. The lowest BCUT2D eigenvalue weighted by Gasteiger charge is -2.57. The standard InChI is InChI=1S/C14H25NO5/c1-12(2,3)20-11(17)15-7-14(18,8-15)13(9-16)5-4-6-19-10-13/h16,18H,4-10H2,1-3H3. The van der Waals surface area contributed by atoms with E-state index in [1.165, 1.54) is 4.90 Å². The molecule has 0 aromatic carbocycles. The Morgan fingerprint density at radius 1 is 1.40 bits per heavy atom. The molecule has 0 aliphatic carbocycles. The molecule has 0 aromatic heterocycles. The molecule has 2 N–H and O–H groups in total. The first-order chi connectivity index (χ1) is 9.21. The maximum Gasteiger partial charge on any atom is 0.410 e. The number of rotatable bonds is 2. The summed E-state index contributed by atoms with van der Waals surface area (Å²) in [4.78, 5) is 13.4. The van der Waals surface area contributed by atoms with E-state index in [9.17, 15) is 15.0 Å². The first kappa shape index (κ1) is 15.5. The van der Waals surface area contributed by atoms with Gasteiger partial charge in [-0.15, -0.1) is 0 Å². The third-order valence-electron chi connectivity index (χ3n) is 4.17. The van der Waals surface area contributed by atoms with Gasteiger partial charge in [-0.2, -0.15) is 0 Å². The lowest BCUT2D eigenvalue weighted by molar-refractivity contribution is -0.219. The molecule has 2 fully saturated rings. The molecule has 20 heavy (non-hydrogen) atoms. The molecule has 2 aliphatic rings. The van der Waals surface area contributed by atoms with Crippen molar-refractivity contribution >= 4 is 6.09 Å². The molecule has 6 nitrogen and oxygen atoms in total. The third kappa shape index (κ3) is 2.77. The number of carbonyl (C=O) groups excluding carboxylic acids is 1. The quantitative estimate of drug-likeness (QED) is 0.784. The molecule has 1 unspecified atom stereocenters. The van der Waals surface area contributed by atoms with E-state index in [2.05, 4.69) is 0 Å². The summed E-state index contributed by atoms with van der Waals surface area (Å²) >= 11 is 0. The van der Waals surface area contributed by atoms with Crippen LogP contribution in [0.1, 0.15) is 33.6 Å². The maximum atomic E-state index is 11.9. The normalized spacial score (nSPS) is 29.8. The molecule has 116 valence electrons. The summed E-state index contributed by atoms with van der Waals surface area (Å²) < 4.78 is 10.7. The second kappa shape index (κ2) is 5.16. The Hall–Kier alpha value is -0.850. The van der Waals surface area contributed by atoms with Crippen LogP contribution in [0.15, 0.2) is 0 Å². The second-order valence-electron chi connectivity index (χ2n) is 6.96. The summed E-state index contributed by atoms with van der Waals surface area (Å²) in [6, 6.07) is 0. The van der Waals surface area contributed by atoms with Gasteiger partial charge in [-0.3, -0.25) is 0 Å². The van der Waals surface area contributed by atoms with E-state index in [-0.39, 0.29) is 19.7 Å². The Morgan fingerprint density at radius 3 is 2.50 bits per heavy atom. The molecule has 0 saturated carbocycles. The number of nitrogens with zero attached hydrogens (tertiary/aromatic N) is 1. The lowest BCUT2D eigenvalue weighted by atomic mass is 9.65. The van der Waals surface area contributed by atoms with Crippen molar-refractivity contribution in [2.45, 2.75) is 44.8 Å². The van der Waals surface area contributed by atoms with Gasteiger partial charge >= 0.3 is 6.09 Å². The van der Waals surface area contributed by atoms with Crippen LogP contribution < -0.4 is 0 Å². The fraction of sp³-hybridized carbons (Fsp3) is 0.929. The topological polar surface area (TPSA) is 79.2 Å². The summed E-state index contributed by atoms with van der Waals surface area (Å²) in [6.07, 6.45) is 1.10. The Labute approximate surface area is 119 Å². The Bertz CT molecular complexity index is 364. The Morgan fingerprint density at radius 2 is 2.05 bits per heavy atom. The number of amides is 1. The van der Waals surface area contributed by atoms with E-state index >= 15 is 0 Å². The highest BCUT2D eigenvalue weighted by Gasteiger charge is 2.59. The van der Waals surface area contributed by atoms with Crippen molar-refractivity contribution in [2.75, 3.05) is 32.9 Å². The van der Waals surface area contributed by atoms with Gasteiger partial charge < -0.3 is 24.6 Å². The van der Waals surface area contributed by atoms with Crippen LogP contribution in [0.4, 0.5) is 4.79 Å². The summed E-state index contributed by atoms with van der Waals surface area (Å²) in [7, 11) is 0. The molecule has 0 radical (unpaired) electrons. The SMILES string of the molecule is CC(C)(C)OC(=O)N1CC(O)(C2(CO)CCCOC2)C1. The van der Waals surface area contributed by atoms with Crippen LogP contribution in [-0.2, 0) is 9.47 Å². The largest absolute Gasteiger partial charge is 0.444 e. The monoisotopic (exact) mass is 287 g/mol. The van der Waals surface area contributed by atoms with Gasteiger partial charge in [0.2, 0.25) is 0 Å². The van der Waals surface area contributed by atoms with E-state index in [1.807, 2.05) is 0 Å². The number of hydrogen-bond donors (Lipinski definition) is 2. The van der Waals surface area contributed by atoms with Gasteiger partial charge in [0.25, 0.3) is 0 Å². The van der Waals surface area contributed by atoms with Crippen molar-refractivity contribution in [1.29, 1.82) is 0 Å². The molecule has 0 aromatic rings. The van der Waals surface area contributed by atoms with Crippen LogP contribution in [0.3, 0.4) is 0 Å². The highest BCUT2D eigenvalue weighted by atomic mass is 16.6. The fourth-order valence-corrected chi connectivity index (χ4v) is 2.87. The predicted octanol–water partition coefficient (Wildman–Crippen LogP) is 0.757. The van der Waals surface area contributed by atoms with Gasteiger partial charge in [0.1, 0.15) is 11.2 Å². The van der Waals surface area contributed by atoms with Crippen LogP contribution in [-0.4, -0.2) is 65.3 Å². The number of likely N-dealkylation sites (tertiary alicyclic amines) is 1. The van der Waals surface area contributed by atoms with Gasteiger partial charge in [-0.25, -0.2) is 4.79 Å². The molecule has 2 saturated heterocycles. The lowest BCUT2D eigenvalue weighted by Crippen LogP contribution is -2.73. The van der Waals surface area contributed by atoms with Crippen molar-refractivity contribution in [2.24, 2.45) is 5.41 Å². The average molecular weight is 287 g/mol. The summed E-state index contributed by atoms with van der Waals surface area (Å²) in [5.41, 5.74) is -2.30. The minimum atomic E-state index is -1.08. The number of aliphatic hydroxyl groups is 2. The molecular formula is C14H25NO5. The smallest absolute Gasteiger partial charge is 0.410 e. The Balaban J connectivity index is 1.97. The molecule has 6 heteroatoms. The molecular weight excluding hydrogens is 262 g/mol. The zero-order valence-corrected chi connectivity index (χ0v) is 12.5. The van der Waals surface area contributed by atoms with Crippen molar-refractivity contribution in [3.63, 3.8) is 0 Å². The van der Waals surface area contributed by atoms with E-state index in [0.29, 0.717) is 19.6 Å². The molecule has 2 rings (SSSR count). The van der Waals surface area contributed by atoms with Crippen molar-refractivity contribution in [1.82, 2.24) is 4.90 Å². The highest BCUT2D eigenvalue weighted by molar-refractivity contribution is 5.69. The second-order valence-corrected chi connectivity index (χ2v) is 6.96. The van der Waals surface area contributed by atoms with Crippen LogP contribution in [0.25, 0.3) is 0 Å². The number of ether oxygens (including phenoxy) is 2. The highest BCUT2D eigenvalue weighted by Crippen LogP contribution is 2.44. The van der Waals surface area contributed by atoms with Crippen molar-refractivity contribution in [3.8, 4) is 0 Å². The number of carbonyl (C=O) groups is 1. The van der Waals surface area contributed by atoms with Crippen molar-refractivity contribution in [3.05, 3.63) is 0 Å². The summed E-state index contributed by atoms with van der Waals surface area (Å²) in [6.45, 7) is 6.66.